The lowest BCUT2D eigenvalue weighted by atomic mass is 9.92. The van der Waals surface area contributed by atoms with Crippen molar-refractivity contribution in [2.45, 2.75) is 39.7 Å². The van der Waals surface area contributed by atoms with Crippen LogP contribution in [-0.2, 0) is 13.0 Å². The van der Waals surface area contributed by atoms with Crippen molar-refractivity contribution >= 4 is 0 Å². The number of aromatic nitrogens is 5. The number of piperidine rings is 1. The zero-order chi connectivity index (χ0) is 17.9. The van der Waals surface area contributed by atoms with Crippen molar-refractivity contribution in [3.63, 3.8) is 0 Å². The van der Waals surface area contributed by atoms with Crippen molar-refractivity contribution < 1.29 is 4.52 Å². The highest BCUT2D eigenvalue weighted by Crippen LogP contribution is 2.27. The molecule has 1 atom stereocenters. The largest absolute Gasteiger partial charge is 0.361 e. The molecule has 3 aromatic heterocycles. The summed E-state index contributed by atoms with van der Waals surface area (Å²) in [6.45, 7) is 7.03. The molecule has 4 rings (SSSR count). The molecule has 136 valence electrons. The molecule has 4 heterocycles. The van der Waals surface area contributed by atoms with Gasteiger partial charge in [-0.15, -0.1) is 0 Å². The molecule has 1 aliphatic heterocycles. The lowest BCUT2D eigenvalue weighted by Gasteiger charge is -2.32. The van der Waals surface area contributed by atoms with E-state index < -0.39 is 0 Å². The molecule has 0 aliphatic carbocycles. The lowest BCUT2D eigenvalue weighted by molar-refractivity contribution is 0.165. The topological polar surface area (TPSA) is 83.7 Å². The highest BCUT2D eigenvalue weighted by molar-refractivity contribution is 5.63. The minimum atomic E-state index is 0.610. The molecule has 26 heavy (non-hydrogen) atoms. The van der Waals surface area contributed by atoms with Crippen LogP contribution in [0, 0.1) is 19.8 Å². The summed E-state index contributed by atoms with van der Waals surface area (Å²) in [4.78, 5) is 18.7. The van der Waals surface area contributed by atoms with Gasteiger partial charge in [-0.25, -0.2) is 15.0 Å². The molecule has 1 N–H and O–H groups in total. The monoisotopic (exact) mass is 352 g/mol. The van der Waals surface area contributed by atoms with Crippen LogP contribution >= 0.6 is 0 Å². The Kier molecular flexibility index (Phi) is 4.79. The minimum Gasteiger partial charge on any atom is -0.361 e. The average Bonchev–Trinajstić information content (AvgIpc) is 3.25. The van der Waals surface area contributed by atoms with Gasteiger partial charge in [0, 0.05) is 30.7 Å². The van der Waals surface area contributed by atoms with E-state index in [0.717, 1.165) is 54.5 Å². The summed E-state index contributed by atoms with van der Waals surface area (Å²) in [6, 6.07) is 2.08. The first-order chi connectivity index (χ1) is 12.7. The molecule has 0 radical (unpaired) electrons. The molecule has 0 bridgehead atoms. The van der Waals surface area contributed by atoms with E-state index in [2.05, 4.69) is 36.1 Å². The Morgan fingerprint density at radius 2 is 2.23 bits per heavy atom. The van der Waals surface area contributed by atoms with Crippen LogP contribution in [0.15, 0.2) is 29.4 Å². The first kappa shape index (κ1) is 16.9. The predicted octanol–water partition coefficient (Wildman–Crippen LogP) is 2.93. The van der Waals surface area contributed by atoms with E-state index in [1.165, 1.54) is 18.5 Å². The number of H-pyrrole nitrogens is 1. The number of nitrogens with zero attached hydrogens (tertiary/aromatic N) is 5. The zero-order valence-corrected chi connectivity index (χ0v) is 15.3. The van der Waals surface area contributed by atoms with Gasteiger partial charge in [-0.2, -0.15) is 0 Å². The van der Waals surface area contributed by atoms with Crippen LogP contribution in [0.25, 0.3) is 11.3 Å². The van der Waals surface area contributed by atoms with Gasteiger partial charge in [0.1, 0.15) is 12.1 Å². The molecule has 0 aromatic carbocycles. The van der Waals surface area contributed by atoms with Crippen molar-refractivity contribution in [2.24, 2.45) is 5.92 Å². The highest BCUT2D eigenvalue weighted by Gasteiger charge is 2.22. The molecule has 7 nitrogen and oxygen atoms in total. The molecule has 7 heteroatoms. The minimum absolute atomic E-state index is 0.610. The summed E-state index contributed by atoms with van der Waals surface area (Å²) in [5.41, 5.74) is 5.02. The van der Waals surface area contributed by atoms with E-state index in [9.17, 15) is 0 Å². The Hall–Kier alpha value is -2.54. The van der Waals surface area contributed by atoms with Crippen LogP contribution in [0.2, 0.25) is 0 Å². The van der Waals surface area contributed by atoms with Gasteiger partial charge in [0.2, 0.25) is 0 Å². The number of hydrogen-bond acceptors (Lipinski definition) is 6. The molecule has 1 aliphatic rings. The third-order valence-corrected chi connectivity index (χ3v) is 5.06. The van der Waals surface area contributed by atoms with Gasteiger partial charge in [0.25, 0.3) is 0 Å². The average molecular weight is 352 g/mol. The SMILES string of the molecule is Cc1noc(C)c1-c1cc(CC2CCCN(Cc3cnc[nH]3)C2)ncn1. The Balaban J connectivity index is 1.44. The first-order valence-electron chi connectivity index (χ1n) is 9.13. The quantitative estimate of drug-likeness (QED) is 0.760. The van der Waals surface area contributed by atoms with Crippen molar-refractivity contribution in [3.8, 4) is 11.3 Å². The molecule has 1 fully saturated rings. The van der Waals surface area contributed by atoms with Crippen LogP contribution in [-0.4, -0.2) is 43.1 Å². The second-order valence-corrected chi connectivity index (χ2v) is 7.12. The van der Waals surface area contributed by atoms with Gasteiger partial charge < -0.3 is 9.51 Å². The maximum atomic E-state index is 5.28. The molecular formula is C19H24N6O. The molecule has 0 spiro atoms. The summed E-state index contributed by atoms with van der Waals surface area (Å²) in [7, 11) is 0. The molecule has 0 saturated carbocycles. The Labute approximate surface area is 152 Å². The molecular weight excluding hydrogens is 328 g/mol. The number of imidazole rings is 1. The zero-order valence-electron chi connectivity index (χ0n) is 15.3. The number of nitrogens with one attached hydrogen (secondary N) is 1. The smallest absolute Gasteiger partial charge is 0.143 e. The van der Waals surface area contributed by atoms with E-state index in [1.807, 2.05) is 20.0 Å². The van der Waals surface area contributed by atoms with E-state index in [0.29, 0.717) is 5.92 Å². The third kappa shape index (κ3) is 3.67. The fraction of sp³-hybridized carbons (Fsp3) is 0.474. The Morgan fingerprint density at radius 3 is 3.00 bits per heavy atom. The predicted molar refractivity (Wildman–Crippen MR) is 97.3 cm³/mol. The normalized spacial score (nSPS) is 18.3. The number of rotatable bonds is 5. The Morgan fingerprint density at radius 1 is 1.31 bits per heavy atom. The third-order valence-electron chi connectivity index (χ3n) is 5.06. The van der Waals surface area contributed by atoms with Crippen LogP contribution in [0.3, 0.4) is 0 Å². The van der Waals surface area contributed by atoms with E-state index >= 15 is 0 Å². The number of aromatic amines is 1. The highest BCUT2D eigenvalue weighted by atomic mass is 16.5. The van der Waals surface area contributed by atoms with E-state index in [1.54, 1.807) is 12.7 Å². The maximum Gasteiger partial charge on any atom is 0.143 e. The second kappa shape index (κ2) is 7.37. The maximum absolute atomic E-state index is 5.28. The molecule has 1 unspecified atom stereocenters. The van der Waals surface area contributed by atoms with Gasteiger partial charge in [-0.1, -0.05) is 5.16 Å². The van der Waals surface area contributed by atoms with Gasteiger partial charge >= 0.3 is 0 Å². The summed E-state index contributed by atoms with van der Waals surface area (Å²) in [6.07, 6.45) is 8.74. The van der Waals surface area contributed by atoms with Crippen molar-refractivity contribution in [1.82, 2.24) is 30.0 Å². The van der Waals surface area contributed by atoms with E-state index in [4.69, 9.17) is 4.52 Å². The van der Waals surface area contributed by atoms with Crippen molar-refractivity contribution in [3.05, 3.63) is 47.8 Å². The summed E-state index contributed by atoms with van der Waals surface area (Å²) in [5, 5.41) is 4.03. The van der Waals surface area contributed by atoms with Gasteiger partial charge in [0.15, 0.2) is 0 Å². The van der Waals surface area contributed by atoms with Crippen LogP contribution in [0.5, 0.6) is 0 Å². The standard InChI is InChI=1S/C19H24N6O/c1-13-19(14(2)26-24-13)18-7-16(22-12-23-18)6-15-4-3-5-25(9-15)10-17-8-20-11-21-17/h7-8,11-12,15H,3-6,9-10H2,1-2H3,(H,20,21). The fourth-order valence-corrected chi connectivity index (χ4v) is 3.86. The summed E-state index contributed by atoms with van der Waals surface area (Å²) in [5.74, 6) is 1.41. The van der Waals surface area contributed by atoms with Crippen molar-refractivity contribution in [1.29, 1.82) is 0 Å². The van der Waals surface area contributed by atoms with E-state index in [-0.39, 0.29) is 0 Å². The van der Waals surface area contributed by atoms with Crippen molar-refractivity contribution in [2.75, 3.05) is 13.1 Å². The lowest BCUT2D eigenvalue weighted by Crippen LogP contribution is -2.35. The van der Waals surface area contributed by atoms with Crippen LogP contribution in [0.1, 0.15) is 35.7 Å². The van der Waals surface area contributed by atoms with Gasteiger partial charge in [0.05, 0.1) is 23.3 Å². The second-order valence-electron chi connectivity index (χ2n) is 7.12. The molecule has 1 saturated heterocycles. The van der Waals surface area contributed by atoms with Crippen LogP contribution in [0.4, 0.5) is 0 Å². The summed E-state index contributed by atoms with van der Waals surface area (Å²) < 4.78 is 5.28. The number of hydrogen-bond donors (Lipinski definition) is 1. The molecule has 0 amide bonds. The number of likely N-dealkylation sites (tertiary alicyclic amines) is 1. The van der Waals surface area contributed by atoms with Gasteiger partial charge in [-0.3, -0.25) is 4.90 Å². The summed E-state index contributed by atoms with van der Waals surface area (Å²) >= 11 is 0. The number of aryl methyl sites for hydroxylation is 2. The first-order valence-corrected chi connectivity index (χ1v) is 9.13. The Bertz CT molecular complexity index is 837. The fourth-order valence-electron chi connectivity index (χ4n) is 3.86. The molecule has 3 aromatic rings. The van der Waals surface area contributed by atoms with Crippen LogP contribution < -0.4 is 0 Å². The van der Waals surface area contributed by atoms with Gasteiger partial charge in [-0.05, 0) is 51.6 Å².